The molecule has 0 saturated carbocycles. The molecule has 0 aromatic heterocycles. The van der Waals surface area contributed by atoms with Gasteiger partial charge >= 0.3 is 0 Å². The van der Waals surface area contributed by atoms with Gasteiger partial charge in [0, 0.05) is 12.0 Å². The number of unbranched alkanes of at least 4 members (excludes halogenated alkanes) is 6. The number of hydrogen-bond donors (Lipinski definition) is 2. The minimum Gasteiger partial charge on any atom is -0.411 e. The summed E-state index contributed by atoms with van der Waals surface area (Å²) in [5.41, 5.74) is 3.38. The first kappa shape index (κ1) is 21.2. The van der Waals surface area contributed by atoms with E-state index >= 15 is 0 Å². The monoisotopic (exact) mass is 367 g/mol. The number of hydrogen-bond acceptors (Lipinski definition) is 3. The summed E-state index contributed by atoms with van der Waals surface area (Å²) in [5, 5.41) is 23.4. The molecule has 3 nitrogen and oxygen atoms in total. The number of aryl methyl sites for hydroxylation is 1. The molecule has 1 unspecified atom stereocenters. The number of benzene rings is 2. The number of nitrogens with zero attached hydrogens (tertiary/aromatic N) is 1. The van der Waals surface area contributed by atoms with Crippen molar-refractivity contribution in [3.63, 3.8) is 0 Å². The predicted molar refractivity (Wildman–Crippen MR) is 113 cm³/mol. The van der Waals surface area contributed by atoms with Gasteiger partial charge in [0.05, 0.1) is 0 Å². The van der Waals surface area contributed by atoms with Gasteiger partial charge in [0.1, 0.15) is 11.8 Å². The lowest BCUT2D eigenvalue weighted by Gasteiger charge is -2.14. The fourth-order valence-electron chi connectivity index (χ4n) is 3.42. The van der Waals surface area contributed by atoms with Gasteiger partial charge in [-0.05, 0) is 30.0 Å². The second-order valence-corrected chi connectivity index (χ2v) is 7.26. The Hall–Kier alpha value is -2.13. The summed E-state index contributed by atoms with van der Waals surface area (Å²) >= 11 is 0. The Morgan fingerprint density at radius 3 is 2.22 bits per heavy atom. The molecule has 146 valence electrons. The fourth-order valence-corrected chi connectivity index (χ4v) is 3.42. The van der Waals surface area contributed by atoms with E-state index in [0.29, 0.717) is 12.1 Å². The second kappa shape index (κ2) is 12.3. The van der Waals surface area contributed by atoms with E-state index < -0.39 is 6.10 Å². The van der Waals surface area contributed by atoms with Gasteiger partial charge in [0.15, 0.2) is 0 Å². The van der Waals surface area contributed by atoms with Crippen LogP contribution in [0.2, 0.25) is 0 Å². The van der Waals surface area contributed by atoms with Crippen LogP contribution in [0.4, 0.5) is 0 Å². The van der Waals surface area contributed by atoms with Crippen molar-refractivity contribution in [2.75, 3.05) is 0 Å². The molecule has 2 aromatic carbocycles. The van der Waals surface area contributed by atoms with Crippen molar-refractivity contribution in [3.8, 4) is 0 Å². The van der Waals surface area contributed by atoms with Crippen molar-refractivity contribution >= 4 is 5.71 Å². The van der Waals surface area contributed by atoms with E-state index in [1.165, 1.54) is 50.5 Å². The molecule has 1 atom stereocenters. The molecule has 0 aliphatic heterocycles. The molecule has 27 heavy (non-hydrogen) atoms. The number of oxime groups is 1. The summed E-state index contributed by atoms with van der Waals surface area (Å²) in [6, 6.07) is 17.8. The quantitative estimate of drug-likeness (QED) is 0.217. The Kier molecular flexibility index (Phi) is 9.64. The average Bonchev–Trinajstić information content (AvgIpc) is 2.69. The van der Waals surface area contributed by atoms with Gasteiger partial charge in [-0.1, -0.05) is 99.1 Å². The summed E-state index contributed by atoms with van der Waals surface area (Å²) in [6.07, 6.45) is 9.68. The van der Waals surface area contributed by atoms with Crippen LogP contribution in [0.3, 0.4) is 0 Å². The van der Waals surface area contributed by atoms with Crippen molar-refractivity contribution in [1.29, 1.82) is 0 Å². The lowest BCUT2D eigenvalue weighted by Crippen LogP contribution is -2.24. The first-order valence-electron chi connectivity index (χ1n) is 10.3. The van der Waals surface area contributed by atoms with Crippen LogP contribution in [0.5, 0.6) is 0 Å². The Labute approximate surface area is 163 Å². The highest BCUT2D eigenvalue weighted by Crippen LogP contribution is 2.15. The van der Waals surface area contributed by atoms with Crippen molar-refractivity contribution in [3.05, 3.63) is 71.3 Å². The Bertz CT molecular complexity index is 682. The molecule has 0 radical (unpaired) electrons. The number of aliphatic hydroxyl groups excluding tert-OH is 1. The molecule has 0 aliphatic carbocycles. The molecule has 0 saturated heterocycles. The standard InChI is InChI=1S/C24H33NO2/c1-2-3-4-5-6-7-9-13-20-16-12-17-22(18-20)24(25-27)23(26)19-21-14-10-8-11-15-21/h8,10-12,14-18,23,26-27H,2-7,9,13,19H2,1H3. The highest BCUT2D eigenvalue weighted by molar-refractivity contribution is 6.03. The van der Waals surface area contributed by atoms with Crippen molar-refractivity contribution in [2.24, 2.45) is 5.16 Å². The van der Waals surface area contributed by atoms with E-state index in [9.17, 15) is 10.3 Å². The maximum atomic E-state index is 10.5. The van der Waals surface area contributed by atoms with Crippen LogP contribution in [0.25, 0.3) is 0 Å². The molecule has 3 heteroatoms. The smallest absolute Gasteiger partial charge is 0.116 e. The van der Waals surface area contributed by atoms with Crippen LogP contribution in [0, 0.1) is 0 Å². The summed E-state index contributed by atoms with van der Waals surface area (Å²) in [5.74, 6) is 0. The summed E-state index contributed by atoms with van der Waals surface area (Å²) in [6.45, 7) is 2.24. The van der Waals surface area contributed by atoms with E-state index in [2.05, 4.69) is 18.1 Å². The molecular formula is C24H33NO2. The summed E-state index contributed by atoms with van der Waals surface area (Å²) in [7, 11) is 0. The van der Waals surface area contributed by atoms with E-state index in [4.69, 9.17) is 0 Å². The normalized spacial score (nSPS) is 12.9. The molecular weight excluding hydrogens is 334 g/mol. The Morgan fingerprint density at radius 2 is 1.52 bits per heavy atom. The molecule has 0 spiro atoms. The molecule has 2 aromatic rings. The Morgan fingerprint density at radius 1 is 0.852 bits per heavy atom. The Balaban J connectivity index is 1.88. The lowest BCUT2D eigenvalue weighted by atomic mass is 9.96. The molecule has 2 rings (SSSR count). The topological polar surface area (TPSA) is 52.8 Å². The molecule has 2 N–H and O–H groups in total. The zero-order chi connectivity index (χ0) is 19.3. The minimum absolute atomic E-state index is 0.334. The minimum atomic E-state index is -0.828. The van der Waals surface area contributed by atoms with Gasteiger partial charge in [0.25, 0.3) is 0 Å². The van der Waals surface area contributed by atoms with Crippen LogP contribution in [-0.4, -0.2) is 22.1 Å². The number of rotatable bonds is 12. The maximum Gasteiger partial charge on any atom is 0.116 e. The average molecular weight is 368 g/mol. The second-order valence-electron chi connectivity index (χ2n) is 7.26. The van der Waals surface area contributed by atoms with Gasteiger partial charge in [0.2, 0.25) is 0 Å². The van der Waals surface area contributed by atoms with Crippen LogP contribution in [0.15, 0.2) is 59.8 Å². The largest absolute Gasteiger partial charge is 0.411 e. The van der Waals surface area contributed by atoms with Crippen LogP contribution in [-0.2, 0) is 12.8 Å². The molecule has 0 bridgehead atoms. The van der Waals surface area contributed by atoms with Gasteiger partial charge in [-0.25, -0.2) is 0 Å². The highest BCUT2D eigenvalue weighted by atomic mass is 16.4. The third-order valence-electron chi connectivity index (χ3n) is 4.99. The van der Waals surface area contributed by atoms with Crippen LogP contribution in [0.1, 0.15) is 68.6 Å². The van der Waals surface area contributed by atoms with E-state index in [-0.39, 0.29) is 0 Å². The van der Waals surface area contributed by atoms with Crippen LogP contribution >= 0.6 is 0 Å². The number of aliphatic hydroxyl groups is 1. The highest BCUT2D eigenvalue weighted by Gasteiger charge is 2.16. The van der Waals surface area contributed by atoms with Gasteiger partial charge in [-0.2, -0.15) is 0 Å². The van der Waals surface area contributed by atoms with E-state index in [1.807, 2.05) is 48.5 Å². The van der Waals surface area contributed by atoms with Gasteiger partial charge < -0.3 is 10.3 Å². The van der Waals surface area contributed by atoms with E-state index in [0.717, 1.165) is 17.5 Å². The zero-order valence-electron chi connectivity index (χ0n) is 16.5. The fraction of sp³-hybridized carbons (Fsp3) is 0.458. The third kappa shape index (κ3) is 7.56. The van der Waals surface area contributed by atoms with Crippen molar-refractivity contribution in [2.45, 2.75) is 70.8 Å². The maximum absolute atomic E-state index is 10.5. The molecule has 0 aliphatic rings. The zero-order valence-corrected chi connectivity index (χ0v) is 16.5. The summed E-state index contributed by atoms with van der Waals surface area (Å²) in [4.78, 5) is 0. The van der Waals surface area contributed by atoms with Gasteiger partial charge in [-0.15, -0.1) is 0 Å². The van der Waals surface area contributed by atoms with Gasteiger partial charge in [-0.3, -0.25) is 0 Å². The predicted octanol–water partition coefficient (Wildman–Crippen LogP) is 5.76. The van der Waals surface area contributed by atoms with Crippen molar-refractivity contribution < 1.29 is 10.3 Å². The van der Waals surface area contributed by atoms with Crippen molar-refractivity contribution in [1.82, 2.24) is 0 Å². The molecule has 0 fully saturated rings. The first-order chi connectivity index (χ1) is 13.2. The molecule has 0 amide bonds. The summed E-state index contributed by atoms with van der Waals surface area (Å²) < 4.78 is 0. The third-order valence-corrected chi connectivity index (χ3v) is 4.99. The first-order valence-corrected chi connectivity index (χ1v) is 10.3. The van der Waals surface area contributed by atoms with E-state index in [1.54, 1.807) is 0 Å². The SMILES string of the molecule is CCCCCCCCCc1cccc(C(=NO)C(O)Cc2ccccc2)c1. The van der Waals surface area contributed by atoms with Crippen LogP contribution < -0.4 is 0 Å². The lowest BCUT2D eigenvalue weighted by molar-refractivity contribution is 0.231. The molecule has 0 heterocycles.